The number of benzene rings is 2. The van der Waals surface area contributed by atoms with Gasteiger partial charge in [-0.05, 0) is 25.1 Å². The van der Waals surface area contributed by atoms with Gasteiger partial charge in [-0.15, -0.1) is 25.2 Å². The van der Waals surface area contributed by atoms with E-state index in [-0.39, 0.29) is 33.8 Å². The van der Waals surface area contributed by atoms with Gasteiger partial charge in [-0.3, -0.25) is 0 Å². The monoisotopic (exact) mass is 520 g/mol. The number of aromatic carboxylic acids is 1. The van der Waals surface area contributed by atoms with Gasteiger partial charge < -0.3 is 24.6 Å². The number of halogens is 3. The first kappa shape index (κ1) is 22.9. The molecule has 0 saturated carbocycles. The van der Waals surface area contributed by atoms with E-state index in [2.05, 4.69) is 24.9 Å². The highest BCUT2D eigenvalue weighted by Gasteiger charge is 2.44. The van der Waals surface area contributed by atoms with Crippen molar-refractivity contribution in [1.82, 2.24) is 14.8 Å². The summed E-state index contributed by atoms with van der Waals surface area (Å²) in [4.78, 5) is 15.9. The Hall–Kier alpha value is -3.90. The van der Waals surface area contributed by atoms with Crippen LogP contribution in [0.2, 0.25) is 5.02 Å². The van der Waals surface area contributed by atoms with Crippen LogP contribution in [0.15, 0.2) is 54.9 Å². The minimum atomic E-state index is -3.77. The second-order valence-corrected chi connectivity index (χ2v) is 8.74. The minimum Gasteiger partial charge on any atom is -0.484 e. The molecule has 13 heteroatoms. The van der Waals surface area contributed by atoms with Crippen molar-refractivity contribution in [2.24, 2.45) is 0 Å². The van der Waals surface area contributed by atoms with Gasteiger partial charge in [0.2, 0.25) is 5.95 Å². The second-order valence-electron chi connectivity index (χ2n) is 7.30. The zero-order chi connectivity index (χ0) is 24.7. The summed E-state index contributed by atoms with van der Waals surface area (Å²) in [6.07, 6.45) is -2.94. The third kappa shape index (κ3) is 4.57. The third-order valence-electron chi connectivity index (χ3n) is 4.92. The van der Waals surface area contributed by atoms with Gasteiger partial charge in [-0.25, -0.2) is 9.48 Å². The molecule has 2 N–H and O–H groups in total. The van der Waals surface area contributed by atoms with Crippen molar-refractivity contribution in [3.8, 4) is 22.2 Å². The first-order valence-electron chi connectivity index (χ1n) is 10.1. The average molecular weight is 521 g/mol. The highest BCUT2D eigenvalue weighted by Crippen LogP contribution is 2.46. The van der Waals surface area contributed by atoms with Gasteiger partial charge in [-0.2, -0.15) is 4.98 Å². The molecule has 0 radical (unpaired) electrons. The molecule has 9 nitrogen and oxygen atoms in total. The summed E-state index contributed by atoms with van der Waals surface area (Å²) in [5, 5.41) is 17.6. The zero-order valence-corrected chi connectivity index (χ0v) is 19.3. The Morgan fingerprint density at radius 3 is 2.83 bits per heavy atom. The fraction of sp³-hybridized carbons (Fsp3) is 0.136. The van der Waals surface area contributed by atoms with E-state index in [0.29, 0.717) is 15.6 Å². The highest BCUT2D eigenvalue weighted by molar-refractivity contribution is 7.16. The van der Waals surface area contributed by atoms with Crippen molar-refractivity contribution in [2.45, 2.75) is 19.3 Å². The number of thiophene rings is 1. The first-order valence-corrected chi connectivity index (χ1v) is 11.3. The Bertz CT molecular complexity index is 1430. The lowest BCUT2D eigenvalue weighted by Crippen LogP contribution is -2.26. The normalized spacial score (nSPS) is 14.5. The second kappa shape index (κ2) is 8.71. The van der Waals surface area contributed by atoms with Crippen LogP contribution in [-0.4, -0.2) is 32.1 Å². The number of aromatic nitrogens is 3. The van der Waals surface area contributed by atoms with Crippen LogP contribution in [-0.2, 0) is 0 Å². The molecule has 180 valence electrons. The molecule has 1 unspecified atom stereocenters. The van der Waals surface area contributed by atoms with Crippen molar-refractivity contribution in [3.05, 3.63) is 70.3 Å². The molecule has 1 aliphatic heterocycles. The lowest BCUT2D eigenvalue weighted by atomic mass is 10.1. The van der Waals surface area contributed by atoms with E-state index >= 15 is 0 Å². The van der Waals surface area contributed by atoms with E-state index in [4.69, 9.17) is 16.3 Å². The Balaban J connectivity index is 1.39. The fourth-order valence-electron chi connectivity index (χ4n) is 3.38. The number of nitrogens with one attached hydrogen (secondary N) is 1. The van der Waals surface area contributed by atoms with Crippen molar-refractivity contribution >= 4 is 40.5 Å². The molecule has 1 aliphatic rings. The molecular weight excluding hydrogens is 506 g/mol. The van der Waals surface area contributed by atoms with Crippen molar-refractivity contribution in [1.29, 1.82) is 0 Å². The van der Waals surface area contributed by atoms with Crippen LogP contribution in [0, 0.1) is 0 Å². The molecule has 0 spiro atoms. The molecule has 2 aromatic heterocycles. The van der Waals surface area contributed by atoms with Gasteiger partial charge in [0.1, 0.15) is 23.2 Å². The fourth-order valence-corrected chi connectivity index (χ4v) is 4.53. The largest absolute Gasteiger partial charge is 0.586 e. The van der Waals surface area contributed by atoms with Crippen molar-refractivity contribution in [3.63, 3.8) is 0 Å². The van der Waals surface area contributed by atoms with Gasteiger partial charge in [-0.1, -0.05) is 35.9 Å². The van der Waals surface area contributed by atoms with Crippen LogP contribution in [0.5, 0.6) is 17.2 Å². The molecule has 0 fully saturated rings. The number of anilines is 2. The SMILES string of the molecule is CC(Oc1cc(-n2cnc(Nc3cccc4c3OC(F)(F)O4)n2)sc1C(=O)O)c1ccccc1Cl. The van der Waals surface area contributed by atoms with Crippen LogP contribution in [0.4, 0.5) is 20.4 Å². The highest BCUT2D eigenvalue weighted by atomic mass is 35.5. The molecule has 2 aromatic carbocycles. The number of ether oxygens (including phenoxy) is 3. The standard InChI is InChI=1S/C22H15ClF2N4O5S/c1-11(12-5-2-3-6-13(12)23)32-16-9-17(35-19(16)20(30)31)29-10-26-21(28-29)27-14-7-4-8-15-18(14)34-22(24,25)33-15/h2-11H,1H3,(H,27,28)(H,30,31). The number of nitrogens with zero attached hydrogens (tertiary/aromatic N) is 3. The number of carboxylic acid groups (broad SMARTS) is 1. The lowest BCUT2D eigenvalue weighted by molar-refractivity contribution is -0.286. The quantitative estimate of drug-likeness (QED) is 0.311. The molecule has 5 rings (SSSR count). The van der Waals surface area contributed by atoms with E-state index in [1.807, 2.05) is 6.07 Å². The lowest BCUT2D eigenvalue weighted by Gasteiger charge is -2.15. The molecule has 0 bridgehead atoms. The van der Waals surface area contributed by atoms with Gasteiger partial charge in [0, 0.05) is 16.7 Å². The Labute approximate surface area is 205 Å². The molecule has 35 heavy (non-hydrogen) atoms. The summed E-state index contributed by atoms with van der Waals surface area (Å²) in [6, 6.07) is 13.0. The van der Waals surface area contributed by atoms with Gasteiger partial charge in [0.15, 0.2) is 16.4 Å². The van der Waals surface area contributed by atoms with Crippen molar-refractivity contribution in [2.75, 3.05) is 5.32 Å². The Morgan fingerprint density at radius 1 is 1.26 bits per heavy atom. The first-order chi connectivity index (χ1) is 16.7. The summed E-state index contributed by atoms with van der Waals surface area (Å²) in [5.41, 5.74) is 0.880. The number of hydrogen-bond acceptors (Lipinski definition) is 8. The van der Waals surface area contributed by atoms with Crippen LogP contribution in [0.1, 0.15) is 28.3 Å². The molecule has 1 atom stereocenters. The smallest absolute Gasteiger partial charge is 0.484 e. The van der Waals surface area contributed by atoms with Crippen molar-refractivity contribution < 1.29 is 32.9 Å². The summed E-state index contributed by atoms with van der Waals surface area (Å²) in [7, 11) is 0. The van der Waals surface area contributed by atoms with Crippen LogP contribution in [0.25, 0.3) is 5.00 Å². The summed E-state index contributed by atoms with van der Waals surface area (Å²) >= 11 is 7.16. The summed E-state index contributed by atoms with van der Waals surface area (Å²) < 4.78 is 43.1. The maximum Gasteiger partial charge on any atom is 0.586 e. The Kier molecular flexibility index (Phi) is 5.69. The number of alkyl halides is 2. The molecule has 0 saturated heterocycles. The van der Waals surface area contributed by atoms with Gasteiger partial charge in [0.25, 0.3) is 0 Å². The van der Waals surface area contributed by atoms with E-state index in [9.17, 15) is 18.7 Å². The molecule has 3 heterocycles. The summed E-state index contributed by atoms with van der Waals surface area (Å²) in [6.45, 7) is 1.76. The van der Waals surface area contributed by atoms with Crippen LogP contribution >= 0.6 is 22.9 Å². The van der Waals surface area contributed by atoms with Crippen LogP contribution < -0.4 is 19.5 Å². The number of hydrogen-bond donors (Lipinski definition) is 2. The maximum absolute atomic E-state index is 13.4. The van der Waals surface area contributed by atoms with E-state index in [1.54, 1.807) is 25.1 Å². The predicted molar refractivity (Wildman–Crippen MR) is 123 cm³/mol. The zero-order valence-electron chi connectivity index (χ0n) is 17.7. The van der Waals surface area contributed by atoms with Gasteiger partial charge in [0.05, 0.1) is 5.69 Å². The number of rotatable bonds is 7. The molecule has 0 amide bonds. The molecular formula is C22H15ClF2N4O5S. The molecule has 0 aliphatic carbocycles. The van der Waals surface area contributed by atoms with E-state index < -0.39 is 18.4 Å². The minimum absolute atomic E-state index is 0.0300. The number of fused-ring (bicyclic) bond motifs is 1. The maximum atomic E-state index is 13.4. The van der Waals surface area contributed by atoms with E-state index in [1.165, 1.54) is 35.3 Å². The molecule has 4 aromatic rings. The van der Waals surface area contributed by atoms with E-state index in [0.717, 1.165) is 11.3 Å². The number of carbonyl (C=O) groups is 1. The van der Waals surface area contributed by atoms with Gasteiger partial charge >= 0.3 is 12.3 Å². The summed E-state index contributed by atoms with van der Waals surface area (Å²) in [5.74, 6) is -1.27. The number of para-hydroxylation sites is 1. The average Bonchev–Trinajstić information content (AvgIpc) is 3.50. The topological polar surface area (TPSA) is 108 Å². The third-order valence-corrected chi connectivity index (χ3v) is 6.36. The predicted octanol–water partition coefficient (Wildman–Crippen LogP) is 5.89. The number of carboxylic acids is 1. The van der Waals surface area contributed by atoms with Crippen LogP contribution in [0.3, 0.4) is 0 Å². The Morgan fingerprint density at radius 2 is 2.06 bits per heavy atom.